The van der Waals surface area contributed by atoms with E-state index in [1.807, 2.05) is 17.0 Å². The van der Waals surface area contributed by atoms with Gasteiger partial charge in [-0.25, -0.2) is 0 Å². The van der Waals surface area contributed by atoms with E-state index in [9.17, 15) is 4.79 Å². The molecule has 0 N–H and O–H groups in total. The van der Waals surface area contributed by atoms with Crippen molar-refractivity contribution in [1.29, 1.82) is 0 Å². The highest BCUT2D eigenvalue weighted by molar-refractivity contribution is 6.05. The van der Waals surface area contributed by atoms with Crippen molar-refractivity contribution in [3.63, 3.8) is 0 Å². The van der Waals surface area contributed by atoms with Crippen LogP contribution in [0.2, 0.25) is 0 Å². The van der Waals surface area contributed by atoms with Gasteiger partial charge in [0.15, 0.2) is 0 Å². The van der Waals surface area contributed by atoms with Crippen molar-refractivity contribution in [1.82, 2.24) is 0 Å². The van der Waals surface area contributed by atoms with Crippen molar-refractivity contribution in [2.75, 3.05) is 4.90 Å². The zero-order chi connectivity index (χ0) is 17.1. The van der Waals surface area contributed by atoms with Crippen molar-refractivity contribution >= 4 is 17.3 Å². The van der Waals surface area contributed by atoms with Crippen LogP contribution in [0.1, 0.15) is 38.8 Å². The highest BCUT2D eigenvalue weighted by Crippen LogP contribution is 2.69. The number of benzene rings is 2. The summed E-state index contributed by atoms with van der Waals surface area (Å²) in [6.07, 6.45) is 1.96. The minimum Gasteiger partial charge on any atom is -0.280 e. The summed E-state index contributed by atoms with van der Waals surface area (Å²) in [4.78, 5) is 15.6. The van der Waals surface area contributed by atoms with E-state index < -0.39 is 0 Å². The maximum absolute atomic E-state index is 13.6. The zero-order valence-electron chi connectivity index (χ0n) is 15.0. The van der Waals surface area contributed by atoms with Crippen LogP contribution < -0.4 is 4.90 Å². The van der Waals surface area contributed by atoms with E-state index in [1.165, 1.54) is 11.1 Å². The molecule has 0 spiro atoms. The summed E-state index contributed by atoms with van der Waals surface area (Å²) >= 11 is 0. The summed E-state index contributed by atoms with van der Waals surface area (Å²) in [6.45, 7) is 8.85. The first kappa shape index (κ1) is 15.4. The lowest BCUT2D eigenvalue weighted by Crippen LogP contribution is -2.30. The third kappa shape index (κ3) is 1.98. The van der Waals surface area contributed by atoms with Crippen LogP contribution in [0.15, 0.2) is 48.5 Å². The van der Waals surface area contributed by atoms with E-state index in [-0.39, 0.29) is 22.7 Å². The van der Waals surface area contributed by atoms with E-state index in [4.69, 9.17) is 0 Å². The number of nitrogens with zero attached hydrogens (tertiary/aromatic N) is 1. The van der Waals surface area contributed by atoms with E-state index >= 15 is 0 Å². The van der Waals surface area contributed by atoms with E-state index in [0.717, 1.165) is 24.2 Å². The summed E-state index contributed by atoms with van der Waals surface area (Å²) in [5.41, 5.74) is 4.73. The SMILES string of the molecule is CC1(C)C(C(=O)N2c3ccccc3CCc3ccccc32)C1(C)C. The van der Waals surface area contributed by atoms with Gasteiger partial charge >= 0.3 is 0 Å². The number of carbonyl (C=O) groups excluding carboxylic acids is 1. The number of anilines is 2. The van der Waals surface area contributed by atoms with Crippen LogP contribution in [0, 0.1) is 16.7 Å². The molecule has 2 nitrogen and oxygen atoms in total. The van der Waals surface area contributed by atoms with Crippen molar-refractivity contribution in [3.05, 3.63) is 59.7 Å². The Morgan fingerprint density at radius 2 is 1.25 bits per heavy atom. The van der Waals surface area contributed by atoms with Gasteiger partial charge in [-0.1, -0.05) is 64.1 Å². The molecule has 0 saturated heterocycles. The molecule has 2 aromatic carbocycles. The Labute approximate surface area is 144 Å². The Morgan fingerprint density at radius 1 is 0.833 bits per heavy atom. The Balaban J connectivity index is 1.87. The lowest BCUT2D eigenvalue weighted by Gasteiger charge is -2.26. The first-order valence-corrected chi connectivity index (χ1v) is 8.85. The number of fused-ring (bicyclic) bond motifs is 2. The molecule has 124 valence electrons. The van der Waals surface area contributed by atoms with Crippen LogP contribution in [-0.2, 0) is 17.6 Å². The quantitative estimate of drug-likeness (QED) is 0.713. The molecular weight excluding hydrogens is 294 g/mol. The Morgan fingerprint density at radius 3 is 1.67 bits per heavy atom. The van der Waals surface area contributed by atoms with Crippen LogP contribution in [-0.4, -0.2) is 5.91 Å². The molecule has 2 aliphatic rings. The predicted octanol–water partition coefficient (Wildman–Crippen LogP) is 5.13. The van der Waals surface area contributed by atoms with Gasteiger partial charge in [0, 0.05) is 0 Å². The maximum Gasteiger partial charge on any atom is 0.235 e. The fourth-order valence-corrected chi connectivity index (χ4v) is 4.46. The summed E-state index contributed by atoms with van der Waals surface area (Å²) in [5, 5.41) is 0. The molecule has 0 atom stereocenters. The summed E-state index contributed by atoms with van der Waals surface area (Å²) in [7, 11) is 0. The van der Waals surface area contributed by atoms with Gasteiger partial charge in [0.25, 0.3) is 0 Å². The van der Waals surface area contributed by atoms with Crippen molar-refractivity contribution < 1.29 is 4.79 Å². The number of hydrogen-bond donors (Lipinski definition) is 0. The number of hydrogen-bond acceptors (Lipinski definition) is 1. The molecular formula is C22H25NO. The molecule has 1 fully saturated rings. The number of carbonyl (C=O) groups is 1. The van der Waals surface area contributed by atoms with Gasteiger partial charge in [0.05, 0.1) is 17.3 Å². The summed E-state index contributed by atoms with van der Waals surface area (Å²) in [5.74, 6) is 0.302. The molecule has 1 amide bonds. The first-order chi connectivity index (χ1) is 11.4. The van der Waals surface area contributed by atoms with Crippen LogP contribution in [0.3, 0.4) is 0 Å². The molecule has 1 aliphatic heterocycles. The lowest BCUT2D eigenvalue weighted by atomic mass is 10.0. The second-order valence-corrected chi connectivity index (χ2v) is 8.31. The lowest BCUT2D eigenvalue weighted by molar-refractivity contribution is -0.120. The number of rotatable bonds is 1. The van der Waals surface area contributed by atoms with Crippen molar-refractivity contribution in [2.24, 2.45) is 16.7 Å². The van der Waals surface area contributed by atoms with Crippen LogP contribution in [0.4, 0.5) is 11.4 Å². The van der Waals surface area contributed by atoms with Crippen molar-refractivity contribution in [2.45, 2.75) is 40.5 Å². The van der Waals surface area contributed by atoms with Gasteiger partial charge in [-0.05, 0) is 46.9 Å². The maximum atomic E-state index is 13.6. The minimum atomic E-state index is 0.0419. The normalized spacial score (nSPS) is 20.8. The van der Waals surface area contributed by atoms with Crippen LogP contribution >= 0.6 is 0 Å². The van der Waals surface area contributed by atoms with Gasteiger partial charge in [-0.15, -0.1) is 0 Å². The molecule has 1 heterocycles. The number of para-hydroxylation sites is 2. The Bertz CT molecular complexity index is 757. The Kier molecular flexibility index (Phi) is 3.19. The molecule has 4 rings (SSSR count). The molecule has 24 heavy (non-hydrogen) atoms. The second kappa shape index (κ2) is 4.95. The molecule has 0 radical (unpaired) electrons. The monoisotopic (exact) mass is 319 g/mol. The molecule has 0 aromatic heterocycles. The zero-order valence-corrected chi connectivity index (χ0v) is 15.0. The standard InChI is InChI=1S/C22H25NO/c1-21(2)19(22(21,3)4)20(24)23-17-11-7-5-9-15(17)13-14-16-10-6-8-12-18(16)23/h5-12,19H,13-14H2,1-4H3. The minimum absolute atomic E-state index is 0.0419. The van der Waals surface area contributed by atoms with E-state index in [2.05, 4.69) is 64.1 Å². The predicted molar refractivity (Wildman–Crippen MR) is 98.5 cm³/mol. The first-order valence-electron chi connectivity index (χ1n) is 8.85. The van der Waals surface area contributed by atoms with Gasteiger partial charge in [0.2, 0.25) is 5.91 Å². The van der Waals surface area contributed by atoms with E-state index in [1.54, 1.807) is 0 Å². The average molecular weight is 319 g/mol. The van der Waals surface area contributed by atoms with Gasteiger partial charge < -0.3 is 0 Å². The van der Waals surface area contributed by atoms with Gasteiger partial charge in [-0.3, -0.25) is 9.69 Å². The molecule has 2 heteroatoms. The van der Waals surface area contributed by atoms with Crippen LogP contribution in [0.5, 0.6) is 0 Å². The summed E-state index contributed by atoms with van der Waals surface area (Å²) < 4.78 is 0. The highest BCUT2D eigenvalue weighted by Gasteiger charge is 2.69. The third-order valence-electron chi connectivity index (χ3n) is 6.62. The molecule has 1 saturated carbocycles. The third-order valence-corrected chi connectivity index (χ3v) is 6.62. The largest absolute Gasteiger partial charge is 0.280 e. The number of amides is 1. The second-order valence-electron chi connectivity index (χ2n) is 8.31. The highest BCUT2D eigenvalue weighted by atomic mass is 16.2. The smallest absolute Gasteiger partial charge is 0.235 e. The molecule has 0 unspecified atom stereocenters. The topological polar surface area (TPSA) is 20.3 Å². The average Bonchev–Trinajstić information content (AvgIpc) is 3.04. The van der Waals surface area contributed by atoms with Crippen molar-refractivity contribution in [3.8, 4) is 0 Å². The van der Waals surface area contributed by atoms with E-state index in [0.29, 0.717) is 0 Å². The summed E-state index contributed by atoms with van der Waals surface area (Å²) in [6, 6.07) is 16.7. The van der Waals surface area contributed by atoms with Gasteiger partial charge in [0.1, 0.15) is 0 Å². The fraction of sp³-hybridized carbons (Fsp3) is 0.409. The molecule has 1 aliphatic carbocycles. The number of aryl methyl sites for hydroxylation is 2. The van der Waals surface area contributed by atoms with Gasteiger partial charge in [-0.2, -0.15) is 0 Å². The Hall–Kier alpha value is -2.09. The molecule has 0 bridgehead atoms. The molecule has 2 aromatic rings. The van der Waals surface area contributed by atoms with Crippen LogP contribution in [0.25, 0.3) is 0 Å². The fourth-order valence-electron chi connectivity index (χ4n) is 4.46.